The van der Waals surface area contributed by atoms with E-state index in [2.05, 4.69) is 10.3 Å². The standard InChI is InChI=1S/C17H21N3O2S/c1-10(2)9-13(16(18)21)20-17(22)14-15(23-11(3)19-14)12-7-5-4-6-8-12/h4-8,10,13H,9H2,1-3H3,(H2,18,21)(H,20,22)/t13-/m1/s1. The molecular formula is C17H21N3O2S. The molecule has 0 saturated heterocycles. The normalized spacial score (nSPS) is 12.2. The number of nitrogens with two attached hydrogens (primary N) is 1. The summed E-state index contributed by atoms with van der Waals surface area (Å²) in [5.74, 6) is -0.642. The molecule has 5 nitrogen and oxygen atoms in total. The highest BCUT2D eigenvalue weighted by molar-refractivity contribution is 7.15. The van der Waals surface area contributed by atoms with E-state index in [0.717, 1.165) is 15.4 Å². The van der Waals surface area contributed by atoms with Crippen molar-refractivity contribution < 1.29 is 9.59 Å². The Bertz CT molecular complexity index is 695. The summed E-state index contributed by atoms with van der Waals surface area (Å²) < 4.78 is 0. The number of hydrogen-bond acceptors (Lipinski definition) is 4. The number of aromatic nitrogens is 1. The zero-order valence-electron chi connectivity index (χ0n) is 13.5. The molecule has 0 aliphatic rings. The molecule has 0 unspecified atom stereocenters. The highest BCUT2D eigenvalue weighted by atomic mass is 32.1. The summed E-state index contributed by atoms with van der Waals surface area (Å²) in [5, 5.41) is 3.52. The molecule has 1 atom stereocenters. The molecule has 0 aliphatic carbocycles. The van der Waals surface area contributed by atoms with Crippen molar-refractivity contribution in [3.05, 3.63) is 41.0 Å². The third-order valence-electron chi connectivity index (χ3n) is 3.34. The van der Waals surface area contributed by atoms with E-state index in [9.17, 15) is 9.59 Å². The summed E-state index contributed by atoms with van der Waals surface area (Å²) in [6, 6.07) is 8.93. The van der Waals surface area contributed by atoms with Gasteiger partial charge >= 0.3 is 0 Å². The van der Waals surface area contributed by atoms with E-state index in [1.54, 1.807) is 0 Å². The number of primary amides is 1. The molecule has 0 saturated carbocycles. The van der Waals surface area contributed by atoms with E-state index < -0.39 is 11.9 Å². The molecule has 122 valence electrons. The minimum Gasteiger partial charge on any atom is -0.368 e. The van der Waals surface area contributed by atoms with Gasteiger partial charge in [0.1, 0.15) is 11.7 Å². The molecular weight excluding hydrogens is 310 g/mol. The maximum atomic E-state index is 12.6. The maximum absolute atomic E-state index is 12.6. The first-order valence-electron chi connectivity index (χ1n) is 7.51. The van der Waals surface area contributed by atoms with Crippen LogP contribution in [-0.4, -0.2) is 22.8 Å². The number of benzene rings is 1. The number of amides is 2. The predicted molar refractivity (Wildman–Crippen MR) is 92.2 cm³/mol. The molecule has 1 aromatic heterocycles. The zero-order valence-corrected chi connectivity index (χ0v) is 14.3. The van der Waals surface area contributed by atoms with E-state index in [0.29, 0.717) is 12.1 Å². The molecule has 6 heteroatoms. The summed E-state index contributed by atoms with van der Waals surface area (Å²) in [6.45, 7) is 5.81. The first-order chi connectivity index (χ1) is 10.9. The molecule has 1 heterocycles. The van der Waals surface area contributed by atoms with Crippen molar-refractivity contribution >= 4 is 23.2 Å². The third-order valence-corrected chi connectivity index (χ3v) is 4.36. The molecule has 3 N–H and O–H groups in total. The Kier molecular flexibility index (Phi) is 5.50. The van der Waals surface area contributed by atoms with Gasteiger partial charge in [-0.15, -0.1) is 11.3 Å². The molecule has 1 aromatic carbocycles. The van der Waals surface area contributed by atoms with Crippen molar-refractivity contribution in [3.63, 3.8) is 0 Å². The van der Waals surface area contributed by atoms with Crippen molar-refractivity contribution in [2.75, 3.05) is 0 Å². The van der Waals surface area contributed by atoms with Crippen molar-refractivity contribution in [1.82, 2.24) is 10.3 Å². The maximum Gasteiger partial charge on any atom is 0.272 e. The van der Waals surface area contributed by atoms with Crippen LogP contribution < -0.4 is 11.1 Å². The van der Waals surface area contributed by atoms with Gasteiger partial charge in [-0.05, 0) is 24.8 Å². The van der Waals surface area contributed by atoms with Crippen LogP contribution in [-0.2, 0) is 4.79 Å². The lowest BCUT2D eigenvalue weighted by Gasteiger charge is -2.17. The van der Waals surface area contributed by atoms with Crippen LogP contribution in [0.4, 0.5) is 0 Å². The van der Waals surface area contributed by atoms with Gasteiger partial charge in [-0.1, -0.05) is 44.2 Å². The van der Waals surface area contributed by atoms with Crippen LogP contribution >= 0.6 is 11.3 Å². The van der Waals surface area contributed by atoms with Crippen LogP contribution in [0, 0.1) is 12.8 Å². The molecule has 23 heavy (non-hydrogen) atoms. The summed E-state index contributed by atoms with van der Waals surface area (Å²) >= 11 is 1.46. The quantitative estimate of drug-likeness (QED) is 0.853. The number of aryl methyl sites for hydroxylation is 1. The van der Waals surface area contributed by atoms with E-state index in [-0.39, 0.29) is 11.8 Å². The fourth-order valence-electron chi connectivity index (χ4n) is 2.31. The topological polar surface area (TPSA) is 85.1 Å². The Morgan fingerprint density at radius 2 is 1.91 bits per heavy atom. The molecule has 2 amide bonds. The van der Waals surface area contributed by atoms with E-state index in [1.165, 1.54) is 11.3 Å². The van der Waals surface area contributed by atoms with E-state index in [1.807, 2.05) is 51.1 Å². The minimum atomic E-state index is -0.687. The lowest BCUT2D eigenvalue weighted by molar-refractivity contribution is -0.120. The molecule has 2 rings (SSSR count). The molecule has 0 aliphatic heterocycles. The van der Waals surface area contributed by atoms with Gasteiger partial charge in [0, 0.05) is 0 Å². The van der Waals surface area contributed by atoms with Gasteiger partial charge in [0.15, 0.2) is 0 Å². The second kappa shape index (κ2) is 7.37. The van der Waals surface area contributed by atoms with Crippen LogP contribution in [0.1, 0.15) is 35.8 Å². The number of nitrogens with zero attached hydrogens (tertiary/aromatic N) is 1. The molecule has 0 spiro atoms. The second-order valence-corrected chi connectivity index (χ2v) is 7.04. The average molecular weight is 331 g/mol. The van der Waals surface area contributed by atoms with Gasteiger partial charge in [0.2, 0.25) is 5.91 Å². The second-order valence-electron chi connectivity index (χ2n) is 5.83. The number of thiazole rings is 1. The highest BCUT2D eigenvalue weighted by Crippen LogP contribution is 2.30. The smallest absolute Gasteiger partial charge is 0.272 e. The van der Waals surface area contributed by atoms with Crippen LogP contribution in [0.3, 0.4) is 0 Å². The van der Waals surface area contributed by atoms with E-state index in [4.69, 9.17) is 5.73 Å². The van der Waals surface area contributed by atoms with Gasteiger partial charge in [-0.3, -0.25) is 9.59 Å². The Balaban J connectivity index is 2.28. The molecule has 0 radical (unpaired) electrons. The van der Waals surface area contributed by atoms with Crippen molar-refractivity contribution in [3.8, 4) is 10.4 Å². The van der Waals surface area contributed by atoms with Gasteiger partial charge in [-0.2, -0.15) is 0 Å². The monoisotopic (exact) mass is 331 g/mol. The Morgan fingerprint density at radius 3 is 2.48 bits per heavy atom. The van der Waals surface area contributed by atoms with Crippen LogP contribution in [0.5, 0.6) is 0 Å². The summed E-state index contributed by atoms with van der Waals surface area (Å²) in [7, 11) is 0. The van der Waals surface area contributed by atoms with Crippen molar-refractivity contribution in [2.24, 2.45) is 11.7 Å². The van der Waals surface area contributed by atoms with Gasteiger partial charge < -0.3 is 11.1 Å². The molecule has 0 fully saturated rings. The summed E-state index contributed by atoms with van der Waals surface area (Å²) in [6.07, 6.45) is 0.505. The fourth-order valence-corrected chi connectivity index (χ4v) is 3.23. The van der Waals surface area contributed by atoms with Crippen molar-refractivity contribution in [2.45, 2.75) is 33.2 Å². The van der Waals surface area contributed by atoms with Crippen LogP contribution in [0.2, 0.25) is 0 Å². The van der Waals surface area contributed by atoms with Crippen LogP contribution in [0.25, 0.3) is 10.4 Å². The van der Waals surface area contributed by atoms with E-state index >= 15 is 0 Å². The lowest BCUT2D eigenvalue weighted by Crippen LogP contribution is -2.45. The average Bonchev–Trinajstić information content (AvgIpc) is 2.89. The Labute approximate surface area is 139 Å². The fraction of sp³-hybridized carbons (Fsp3) is 0.353. The lowest BCUT2D eigenvalue weighted by atomic mass is 10.0. The van der Waals surface area contributed by atoms with Crippen LogP contribution in [0.15, 0.2) is 30.3 Å². The highest BCUT2D eigenvalue weighted by Gasteiger charge is 2.24. The SMILES string of the molecule is Cc1nc(C(=O)N[C@H](CC(C)C)C(N)=O)c(-c2ccccc2)s1. The number of rotatable bonds is 6. The first-order valence-corrected chi connectivity index (χ1v) is 8.33. The first kappa shape index (κ1) is 17.1. The zero-order chi connectivity index (χ0) is 17.0. The van der Waals surface area contributed by atoms with Gasteiger partial charge in [-0.25, -0.2) is 4.98 Å². The molecule has 0 bridgehead atoms. The number of carbonyl (C=O) groups excluding carboxylic acids is 2. The summed E-state index contributed by atoms with van der Waals surface area (Å²) in [4.78, 5) is 29.3. The van der Waals surface area contributed by atoms with Gasteiger partial charge in [0.25, 0.3) is 5.91 Å². The predicted octanol–water partition coefficient (Wildman–Crippen LogP) is 2.75. The minimum absolute atomic E-state index is 0.249. The third kappa shape index (κ3) is 4.39. The Morgan fingerprint density at radius 1 is 1.26 bits per heavy atom. The number of nitrogens with one attached hydrogen (secondary N) is 1. The van der Waals surface area contributed by atoms with Crippen molar-refractivity contribution in [1.29, 1.82) is 0 Å². The number of hydrogen-bond donors (Lipinski definition) is 2. The van der Waals surface area contributed by atoms with Gasteiger partial charge in [0.05, 0.1) is 9.88 Å². The summed E-state index contributed by atoms with van der Waals surface area (Å²) in [5.41, 5.74) is 6.67. The molecule has 2 aromatic rings. The number of carbonyl (C=O) groups is 2. The Hall–Kier alpha value is -2.21. The largest absolute Gasteiger partial charge is 0.368 e.